The minimum Gasteiger partial charge on any atom is -0.337 e. The van der Waals surface area contributed by atoms with Crippen LogP contribution < -0.4 is 4.84 Å². The van der Waals surface area contributed by atoms with Crippen molar-refractivity contribution >= 4 is 18.2 Å². The Morgan fingerprint density at radius 3 is 2.55 bits per heavy atom. The maximum atomic E-state index is 10.4. The number of pyridine rings is 1. The zero-order valence-electron chi connectivity index (χ0n) is 5.98. The molecule has 1 rings (SSSR count). The molecular weight excluding hydrogens is 162 g/mol. The second-order valence-electron chi connectivity index (χ2n) is 1.98. The molecule has 1 aromatic heterocycles. The molecule has 0 aromatic carbocycles. The lowest BCUT2D eigenvalue weighted by molar-refractivity contribution is -0.141. The number of hydrogen-bond donors (Lipinski definition) is 0. The van der Waals surface area contributed by atoms with Gasteiger partial charge < -0.3 is 4.84 Å². The zero-order chi connectivity index (χ0) is 8.27. The molecule has 0 radical (unpaired) electrons. The minimum atomic E-state index is -0.355. The van der Waals surface area contributed by atoms with Crippen LogP contribution in [0.4, 0.5) is 0 Å². The SMILES string of the molecule is CC(=O)On1ccc(=S)cc1. The average molecular weight is 169 g/mol. The molecule has 0 atom stereocenters. The molecule has 0 unspecified atom stereocenters. The Morgan fingerprint density at radius 1 is 1.55 bits per heavy atom. The molecule has 0 bridgehead atoms. The first kappa shape index (κ1) is 7.94. The summed E-state index contributed by atoms with van der Waals surface area (Å²) < 4.78 is 2.02. The summed E-state index contributed by atoms with van der Waals surface area (Å²) in [5, 5.41) is 0. The van der Waals surface area contributed by atoms with E-state index >= 15 is 0 Å². The summed E-state index contributed by atoms with van der Waals surface area (Å²) in [6.07, 6.45) is 3.17. The van der Waals surface area contributed by atoms with Crippen LogP contribution in [0.2, 0.25) is 0 Å². The van der Waals surface area contributed by atoms with Crippen molar-refractivity contribution in [3.63, 3.8) is 0 Å². The summed E-state index contributed by atoms with van der Waals surface area (Å²) >= 11 is 4.83. The predicted octanol–water partition coefficient (Wildman–Crippen LogP) is 1.19. The van der Waals surface area contributed by atoms with E-state index in [-0.39, 0.29) is 5.97 Å². The van der Waals surface area contributed by atoms with Gasteiger partial charge in [0.05, 0.1) is 0 Å². The van der Waals surface area contributed by atoms with Crippen LogP contribution in [0.15, 0.2) is 24.5 Å². The Bertz CT molecular complexity index is 298. The van der Waals surface area contributed by atoms with Gasteiger partial charge in [-0.05, 0) is 12.1 Å². The molecule has 0 saturated carbocycles. The van der Waals surface area contributed by atoms with Crippen molar-refractivity contribution in [3.05, 3.63) is 29.0 Å². The molecule has 4 heteroatoms. The summed E-state index contributed by atoms with van der Waals surface area (Å²) in [5.41, 5.74) is 0. The molecule has 3 nitrogen and oxygen atoms in total. The van der Waals surface area contributed by atoms with E-state index in [1.807, 2.05) is 0 Å². The lowest BCUT2D eigenvalue weighted by atomic mass is 10.5. The normalized spacial score (nSPS) is 9.18. The highest BCUT2D eigenvalue weighted by molar-refractivity contribution is 7.71. The summed E-state index contributed by atoms with van der Waals surface area (Å²) in [6.45, 7) is 1.34. The molecule has 0 aliphatic carbocycles. The van der Waals surface area contributed by atoms with Crippen LogP contribution in [0, 0.1) is 4.51 Å². The fourth-order valence-electron chi connectivity index (χ4n) is 0.608. The number of carbonyl (C=O) groups excluding carboxylic acids is 1. The van der Waals surface area contributed by atoms with E-state index in [1.54, 1.807) is 24.5 Å². The van der Waals surface area contributed by atoms with Crippen molar-refractivity contribution in [1.82, 2.24) is 4.73 Å². The van der Waals surface area contributed by atoms with Gasteiger partial charge in [-0.2, -0.15) is 4.73 Å². The van der Waals surface area contributed by atoms with Crippen LogP contribution in [0.1, 0.15) is 6.92 Å². The van der Waals surface area contributed by atoms with Crippen LogP contribution in [0.25, 0.3) is 0 Å². The molecule has 0 aliphatic rings. The van der Waals surface area contributed by atoms with E-state index in [4.69, 9.17) is 17.1 Å². The van der Waals surface area contributed by atoms with Gasteiger partial charge in [-0.15, -0.1) is 0 Å². The van der Waals surface area contributed by atoms with Crippen molar-refractivity contribution in [2.75, 3.05) is 0 Å². The van der Waals surface area contributed by atoms with Crippen molar-refractivity contribution in [2.24, 2.45) is 0 Å². The van der Waals surface area contributed by atoms with Crippen LogP contribution in [-0.4, -0.2) is 10.7 Å². The molecule has 0 saturated heterocycles. The summed E-state index contributed by atoms with van der Waals surface area (Å²) in [7, 11) is 0. The first-order valence-corrected chi connectivity index (χ1v) is 3.46. The molecule has 1 heterocycles. The highest BCUT2D eigenvalue weighted by Gasteiger charge is 1.90. The molecule has 0 amide bonds. The summed E-state index contributed by atoms with van der Waals surface area (Å²) in [4.78, 5) is 15.1. The second-order valence-corrected chi connectivity index (χ2v) is 2.45. The van der Waals surface area contributed by atoms with Gasteiger partial charge in [-0.1, -0.05) is 12.2 Å². The van der Waals surface area contributed by atoms with E-state index in [0.29, 0.717) is 4.51 Å². The zero-order valence-corrected chi connectivity index (χ0v) is 6.80. The molecule has 58 valence electrons. The smallest absolute Gasteiger partial charge is 0.329 e. The van der Waals surface area contributed by atoms with Gasteiger partial charge in [0.2, 0.25) is 0 Å². The Kier molecular flexibility index (Phi) is 2.38. The minimum absolute atomic E-state index is 0.355. The molecule has 1 aromatic rings. The molecule has 0 spiro atoms. The van der Waals surface area contributed by atoms with Crippen molar-refractivity contribution in [3.8, 4) is 0 Å². The number of carbonyl (C=O) groups is 1. The van der Waals surface area contributed by atoms with Gasteiger partial charge in [-0.3, -0.25) is 0 Å². The van der Waals surface area contributed by atoms with Crippen LogP contribution >= 0.6 is 12.2 Å². The molecular formula is C7H7NO2S. The summed E-state index contributed by atoms with van der Waals surface area (Å²) in [5.74, 6) is -0.355. The third-order valence-corrected chi connectivity index (χ3v) is 1.28. The van der Waals surface area contributed by atoms with Gasteiger partial charge in [0.15, 0.2) is 0 Å². The van der Waals surface area contributed by atoms with Crippen LogP contribution in [0.3, 0.4) is 0 Å². The van der Waals surface area contributed by atoms with Crippen LogP contribution in [0.5, 0.6) is 0 Å². The highest BCUT2D eigenvalue weighted by atomic mass is 32.1. The van der Waals surface area contributed by atoms with Gasteiger partial charge in [-0.25, -0.2) is 4.79 Å². The third kappa shape index (κ3) is 2.51. The molecule has 0 fully saturated rings. The Morgan fingerprint density at radius 2 is 2.09 bits per heavy atom. The Balaban J connectivity index is 2.82. The van der Waals surface area contributed by atoms with E-state index in [9.17, 15) is 4.79 Å². The second kappa shape index (κ2) is 3.30. The van der Waals surface area contributed by atoms with Crippen molar-refractivity contribution < 1.29 is 9.63 Å². The van der Waals surface area contributed by atoms with Crippen LogP contribution in [-0.2, 0) is 4.79 Å². The van der Waals surface area contributed by atoms with E-state index < -0.39 is 0 Å². The first-order valence-electron chi connectivity index (χ1n) is 3.06. The van der Waals surface area contributed by atoms with Gasteiger partial charge in [0.1, 0.15) is 0 Å². The van der Waals surface area contributed by atoms with E-state index in [0.717, 1.165) is 0 Å². The predicted molar refractivity (Wildman–Crippen MR) is 42.5 cm³/mol. The topological polar surface area (TPSA) is 31.2 Å². The monoisotopic (exact) mass is 169 g/mol. The Labute approximate surface area is 69.2 Å². The standard InChI is InChI=1S/C7H7NO2S/c1-6(9)10-8-4-2-7(11)3-5-8/h2-5H,1H3. The fraction of sp³-hybridized carbons (Fsp3) is 0.143. The average Bonchev–Trinajstić information content (AvgIpc) is 1.93. The lowest BCUT2D eigenvalue weighted by Gasteiger charge is -2.02. The molecule has 11 heavy (non-hydrogen) atoms. The van der Waals surface area contributed by atoms with Crippen molar-refractivity contribution in [1.29, 1.82) is 0 Å². The third-order valence-electron chi connectivity index (χ3n) is 1.01. The van der Waals surface area contributed by atoms with Gasteiger partial charge in [0.25, 0.3) is 0 Å². The van der Waals surface area contributed by atoms with Gasteiger partial charge >= 0.3 is 5.97 Å². The number of rotatable bonds is 1. The van der Waals surface area contributed by atoms with E-state index in [2.05, 4.69) is 0 Å². The lowest BCUT2D eigenvalue weighted by Crippen LogP contribution is -2.15. The molecule has 0 N–H and O–H groups in total. The Hall–Kier alpha value is -1.16. The first-order chi connectivity index (χ1) is 5.18. The fourth-order valence-corrected chi connectivity index (χ4v) is 0.730. The molecule has 0 aliphatic heterocycles. The number of hydrogen-bond acceptors (Lipinski definition) is 3. The van der Waals surface area contributed by atoms with E-state index in [1.165, 1.54) is 11.7 Å². The number of aromatic nitrogens is 1. The quantitative estimate of drug-likeness (QED) is 0.592. The maximum absolute atomic E-state index is 10.4. The maximum Gasteiger partial charge on any atom is 0.329 e. The number of nitrogens with zero attached hydrogens (tertiary/aromatic N) is 1. The van der Waals surface area contributed by atoms with Gasteiger partial charge in [0, 0.05) is 23.8 Å². The largest absolute Gasteiger partial charge is 0.337 e. The highest BCUT2D eigenvalue weighted by Crippen LogP contribution is 1.89. The summed E-state index contributed by atoms with van der Waals surface area (Å²) in [6, 6.07) is 3.36. The van der Waals surface area contributed by atoms with Crippen molar-refractivity contribution in [2.45, 2.75) is 6.92 Å².